The van der Waals surface area contributed by atoms with E-state index in [2.05, 4.69) is 18.4 Å². The van der Waals surface area contributed by atoms with E-state index in [-0.39, 0.29) is 5.92 Å². The maximum Gasteiger partial charge on any atom is 0.303 e. The molecule has 2 atom stereocenters. The molecule has 4 nitrogen and oxygen atoms in total. The maximum absolute atomic E-state index is 11.0. The Morgan fingerprint density at radius 1 is 1.33 bits per heavy atom. The van der Waals surface area contributed by atoms with Gasteiger partial charge in [0, 0.05) is 6.92 Å². The number of hydrogen-bond donors (Lipinski definition) is 0. The summed E-state index contributed by atoms with van der Waals surface area (Å²) in [7, 11) is 0. The summed E-state index contributed by atoms with van der Waals surface area (Å²) in [5.41, 5.74) is 0.628. The molecule has 0 rings (SSSR count). The van der Waals surface area contributed by atoms with Gasteiger partial charge in [0.2, 0.25) is 0 Å². The van der Waals surface area contributed by atoms with Crippen molar-refractivity contribution in [2.75, 3.05) is 0 Å². The van der Waals surface area contributed by atoms with Gasteiger partial charge >= 0.3 is 5.97 Å². The molecule has 0 aliphatic carbocycles. The molecule has 0 aromatic carbocycles. The van der Waals surface area contributed by atoms with Gasteiger partial charge in [-0.1, -0.05) is 32.3 Å². The Morgan fingerprint density at radius 3 is 2.22 bits per heavy atom. The van der Waals surface area contributed by atoms with Crippen LogP contribution in [-0.4, -0.2) is 18.0 Å². The highest BCUT2D eigenvalue weighted by Gasteiger charge is 2.24. The van der Waals surface area contributed by atoms with Gasteiger partial charge < -0.3 is 14.6 Å². The summed E-state index contributed by atoms with van der Waals surface area (Å²) in [5.74, 6) is 3.08. The predicted octanol–water partition coefficient (Wildman–Crippen LogP) is 0.910. The van der Waals surface area contributed by atoms with Crippen LogP contribution in [0.2, 0.25) is 0 Å². The van der Waals surface area contributed by atoms with Crippen LogP contribution in [0.3, 0.4) is 0 Å². The van der Waals surface area contributed by atoms with E-state index in [0.29, 0.717) is 12.0 Å². The molecule has 0 bridgehead atoms. The van der Waals surface area contributed by atoms with Crippen molar-refractivity contribution >= 4 is 11.9 Å². The van der Waals surface area contributed by atoms with Crippen LogP contribution in [0.5, 0.6) is 0 Å². The standard InChI is InChI=1S/C14H20O4/c1-9(2)6-7-12(8-10(3)4)13(14(16)17)18-11(5)15/h10,12-13H,1,8H2,2-5H3,(H,16,17)/p-1. The molecule has 4 heteroatoms. The summed E-state index contributed by atoms with van der Waals surface area (Å²) in [6, 6.07) is 0. The minimum absolute atomic E-state index is 0.229. The van der Waals surface area contributed by atoms with Crippen molar-refractivity contribution in [3.05, 3.63) is 12.2 Å². The van der Waals surface area contributed by atoms with Gasteiger partial charge in [-0.25, -0.2) is 0 Å². The van der Waals surface area contributed by atoms with Gasteiger partial charge in [-0.15, -0.1) is 0 Å². The maximum atomic E-state index is 11.0. The average molecular weight is 251 g/mol. The minimum atomic E-state index is -1.42. The highest BCUT2D eigenvalue weighted by molar-refractivity contribution is 5.76. The zero-order valence-corrected chi connectivity index (χ0v) is 11.3. The van der Waals surface area contributed by atoms with Crippen LogP contribution in [0, 0.1) is 23.7 Å². The third kappa shape index (κ3) is 6.74. The molecule has 0 heterocycles. The van der Waals surface area contributed by atoms with E-state index in [0.717, 1.165) is 6.92 Å². The molecule has 0 aromatic rings. The summed E-state index contributed by atoms with van der Waals surface area (Å²) in [6.45, 7) is 10.4. The molecule has 2 unspecified atom stereocenters. The molecule has 0 fully saturated rings. The van der Waals surface area contributed by atoms with Gasteiger partial charge in [0.15, 0.2) is 6.10 Å². The second-order valence-corrected chi connectivity index (χ2v) is 4.63. The van der Waals surface area contributed by atoms with Gasteiger partial charge in [0.1, 0.15) is 0 Å². The Bertz CT molecular complexity index is 384. The normalized spacial score (nSPS) is 13.2. The van der Waals surface area contributed by atoms with E-state index < -0.39 is 24.0 Å². The molecule has 0 saturated heterocycles. The van der Waals surface area contributed by atoms with E-state index in [1.807, 2.05) is 13.8 Å². The molecule has 100 valence electrons. The van der Waals surface area contributed by atoms with Crippen molar-refractivity contribution < 1.29 is 19.4 Å². The number of hydrogen-bond acceptors (Lipinski definition) is 4. The molecule has 0 aromatic heterocycles. The lowest BCUT2D eigenvalue weighted by molar-refractivity contribution is -0.317. The number of rotatable bonds is 5. The van der Waals surface area contributed by atoms with Crippen molar-refractivity contribution in [3.63, 3.8) is 0 Å². The Morgan fingerprint density at radius 2 is 1.89 bits per heavy atom. The van der Waals surface area contributed by atoms with E-state index in [4.69, 9.17) is 4.74 Å². The molecule has 0 radical (unpaired) electrons. The fourth-order valence-corrected chi connectivity index (χ4v) is 1.46. The molecule has 0 N–H and O–H groups in total. The molecule has 0 saturated carbocycles. The van der Waals surface area contributed by atoms with Crippen LogP contribution in [0.15, 0.2) is 12.2 Å². The third-order valence-electron chi connectivity index (χ3n) is 2.09. The second-order valence-electron chi connectivity index (χ2n) is 4.63. The van der Waals surface area contributed by atoms with Crippen LogP contribution in [0.25, 0.3) is 0 Å². The van der Waals surface area contributed by atoms with Crippen LogP contribution >= 0.6 is 0 Å². The summed E-state index contributed by atoms with van der Waals surface area (Å²) in [6.07, 6.45) is -0.830. The van der Waals surface area contributed by atoms with Crippen LogP contribution < -0.4 is 5.11 Å². The van der Waals surface area contributed by atoms with Gasteiger partial charge in [-0.2, -0.15) is 0 Å². The molecule has 0 amide bonds. The first kappa shape index (κ1) is 16.2. The average Bonchev–Trinajstić information content (AvgIpc) is 2.19. The zero-order valence-electron chi connectivity index (χ0n) is 11.3. The number of carboxylic acids is 1. The first-order chi connectivity index (χ1) is 8.23. The predicted molar refractivity (Wildman–Crippen MR) is 66.1 cm³/mol. The SMILES string of the molecule is C=C(C)C#CC(CC(C)C)C(OC(C)=O)C(=O)[O-]. The van der Waals surface area contributed by atoms with Gasteiger partial charge in [-0.3, -0.25) is 4.79 Å². The monoisotopic (exact) mass is 251 g/mol. The highest BCUT2D eigenvalue weighted by atomic mass is 16.6. The zero-order chi connectivity index (χ0) is 14.3. The van der Waals surface area contributed by atoms with E-state index in [1.54, 1.807) is 6.92 Å². The third-order valence-corrected chi connectivity index (χ3v) is 2.09. The summed E-state index contributed by atoms with van der Waals surface area (Å²) >= 11 is 0. The van der Waals surface area contributed by atoms with Crippen LogP contribution in [0.4, 0.5) is 0 Å². The Labute approximate surface area is 108 Å². The topological polar surface area (TPSA) is 66.4 Å². The molecule has 18 heavy (non-hydrogen) atoms. The van der Waals surface area contributed by atoms with E-state index >= 15 is 0 Å². The number of carbonyl (C=O) groups is 2. The first-order valence-electron chi connectivity index (χ1n) is 5.79. The summed E-state index contributed by atoms with van der Waals surface area (Å²) < 4.78 is 4.77. The fourth-order valence-electron chi connectivity index (χ4n) is 1.46. The Kier molecular flexibility index (Phi) is 6.81. The molecule has 0 spiro atoms. The summed E-state index contributed by atoms with van der Waals surface area (Å²) in [4.78, 5) is 21.9. The number of aliphatic carboxylic acids is 1. The smallest absolute Gasteiger partial charge is 0.303 e. The quantitative estimate of drug-likeness (QED) is 0.538. The van der Waals surface area contributed by atoms with E-state index in [1.165, 1.54) is 0 Å². The largest absolute Gasteiger partial charge is 0.546 e. The minimum Gasteiger partial charge on any atom is -0.546 e. The molecular formula is C14H19O4-. The van der Waals surface area contributed by atoms with E-state index in [9.17, 15) is 14.7 Å². The number of esters is 1. The van der Waals surface area contributed by atoms with Crippen LogP contribution in [-0.2, 0) is 14.3 Å². The lowest BCUT2D eigenvalue weighted by Gasteiger charge is -2.24. The lowest BCUT2D eigenvalue weighted by Crippen LogP contribution is -2.43. The number of ether oxygens (including phenoxy) is 1. The number of allylic oxidation sites excluding steroid dienone is 1. The number of carboxylic acid groups (broad SMARTS) is 1. The lowest BCUT2D eigenvalue weighted by atomic mass is 9.92. The molecule has 0 aliphatic rings. The molecule has 0 aliphatic heterocycles. The van der Waals surface area contributed by atoms with Crippen molar-refractivity contribution in [1.82, 2.24) is 0 Å². The fraction of sp³-hybridized carbons (Fsp3) is 0.571. The highest BCUT2D eigenvalue weighted by Crippen LogP contribution is 2.18. The number of carbonyl (C=O) groups excluding carboxylic acids is 2. The van der Waals surface area contributed by atoms with Crippen LogP contribution in [0.1, 0.15) is 34.1 Å². The van der Waals surface area contributed by atoms with Crippen molar-refractivity contribution in [3.8, 4) is 11.8 Å². The van der Waals surface area contributed by atoms with Gasteiger partial charge in [0.05, 0.1) is 11.9 Å². The van der Waals surface area contributed by atoms with Crippen molar-refractivity contribution in [2.24, 2.45) is 11.8 Å². The first-order valence-corrected chi connectivity index (χ1v) is 5.79. The summed E-state index contributed by atoms with van der Waals surface area (Å²) in [5, 5.41) is 11.0. The Balaban J connectivity index is 5.10. The van der Waals surface area contributed by atoms with Gasteiger partial charge in [-0.05, 0) is 24.8 Å². The Hall–Kier alpha value is -1.76. The van der Waals surface area contributed by atoms with Crippen molar-refractivity contribution in [2.45, 2.75) is 40.2 Å². The van der Waals surface area contributed by atoms with Crippen molar-refractivity contribution in [1.29, 1.82) is 0 Å². The molecular weight excluding hydrogens is 232 g/mol. The second kappa shape index (κ2) is 7.54. The van der Waals surface area contributed by atoms with Gasteiger partial charge in [0.25, 0.3) is 0 Å².